The van der Waals surface area contributed by atoms with E-state index in [1.807, 2.05) is 63.7 Å². The number of aromatic nitrogens is 2. The molecule has 0 atom stereocenters. The average molecular weight is 407 g/mol. The van der Waals surface area contributed by atoms with Crippen molar-refractivity contribution in [3.63, 3.8) is 0 Å². The Bertz CT molecular complexity index is 1020. The van der Waals surface area contributed by atoms with E-state index in [0.717, 1.165) is 29.1 Å². The molecular weight excluding hydrogens is 384 g/mol. The number of hydrogen-bond donors (Lipinski definition) is 0. The summed E-state index contributed by atoms with van der Waals surface area (Å²) in [7, 11) is 0. The van der Waals surface area contributed by atoms with E-state index in [2.05, 4.69) is 0 Å². The number of amides is 2. The number of rotatable bonds is 4. The van der Waals surface area contributed by atoms with Gasteiger partial charge in [0.05, 0.1) is 10.6 Å². The fourth-order valence-corrected chi connectivity index (χ4v) is 4.41. The zero-order chi connectivity index (χ0) is 19.8. The highest BCUT2D eigenvalue weighted by Gasteiger charge is 2.35. The van der Waals surface area contributed by atoms with Crippen molar-refractivity contribution in [3.8, 4) is 16.3 Å². The zero-order valence-corrected chi connectivity index (χ0v) is 16.8. The van der Waals surface area contributed by atoms with E-state index >= 15 is 0 Å². The van der Waals surface area contributed by atoms with Gasteiger partial charge in [0.1, 0.15) is 11.4 Å². The van der Waals surface area contributed by atoms with Crippen molar-refractivity contribution in [2.45, 2.75) is 12.8 Å². The van der Waals surface area contributed by atoms with E-state index in [0.29, 0.717) is 31.9 Å². The first-order chi connectivity index (χ1) is 14.2. The molecule has 3 aromatic rings. The summed E-state index contributed by atoms with van der Waals surface area (Å²) >= 11 is 1.61. The Labute approximate surface area is 173 Å². The van der Waals surface area contributed by atoms with Gasteiger partial charge in [0, 0.05) is 32.1 Å². The summed E-state index contributed by atoms with van der Waals surface area (Å²) in [6.07, 6.45) is 2.03. The molecule has 3 heterocycles. The van der Waals surface area contributed by atoms with Crippen molar-refractivity contribution in [2.75, 3.05) is 26.2 Å². The minimum atomic E-state index is -0.0392. The second kappa shape index (κ2) is 7.48. The third-order valence-electron chi connectivity index (χ3n) is 5.51. The van der Waals surface area contributed by atoms with Crippen molar-refractivity contribution < 1.29 is 9.59 Å². The molecule has 2 amide bonds. The predicted molar refractivity (Wildman–Crippen MR) is 112 cm³/mol. The first-order valence-corrected chi connectivity index (χ1v) is 10.9. The van der Waals surface area contributed by atoms with Crippen molar-refractivity contribution in [1.29, 1.82) is 0 Å². The van der Waals surface area contributed by atoms with Crippen LogP contribution in [0, 0.1) is 5.92 Å². The van der Waals surface area contributed by atoms with Crippen LogP contribution in [0.25, 0.3) is 16.3 Å². The standard InChI is InChI=1S/C22H22N4O2S/c27-21(16-8-9-16)24-10-12-25(13-11-24)22(28)19-15-18(20-7-4-14-29-20)23-26(19)17-5-2-1-3-6-17/h1-7,14-16H,8-13H2. The Morgan fingerprint density at radius 3 is 2.31 bits per heavy atom. The summed E-state index contributed by atoms with van der Waals surface area (Å²) in [6, 6.07) is 15.6. The Morgan fingerprint density at radius 1 is 0.931 bits per heavy atom. The van der Waals surface area contributed by atoms with E-state index in [1.54, 1.807) is 16.0 Å². The van der Waals surface area contributed by atoms with Gasteiger partial charge in [-0.3, -0.25) is 9.59 Å². The summed E-state index contributed by atoms with van der Waals surface area (Å²) in [4.78, 5) is 30.4. The van der Waals surface area contributed by atoms with Crippen LogP contribution in [-0.4, -0.2) is 57.6 Å². The largest absolute Gasteiger partial charge is 0.339 e. The second-order valence-corrected chi connectivity index (χ2v) is 8.48. The maximum atomic E-state index is 13.4. The van der Waals surface area contributed by atoms with Gasteiger partial charge >= 0.3 is 0 Å². The molecule has 7 heteroatoms. The molecule has 0 unspecified atom stereocenters. The minimum Gasteiger partial charge on any atom is -0.339 e. The van der Waals surface area contributed by atoms with E-state index < -0.39 is 0 Å². The number of thiophene rings is 1. The lowest BCUT2D eigenvalue weighted by Gasteiger charge is -2.34. The number of carbonyl (C=O) groups excluding carboxylic acids is 2. The van der Waals surface area contributed by atoms with E-state index in [-0.39, 0.29) is 17.7 Å². The lowest BCUT2D eigenvalue weighted by Crippen LogP contribution is -2.51. The third-order valence-corrected chi connectivity index (χ3v) is 6.40. The number of hydrogen-bond acceptors (Lipinski definition) is 4. The van der Waals surface area contributed by atoms with Crippen molar-refractivity contribution in [1.82, 2.24) is 19.6 Å². The number of benzene rings is 1. The van der Waals surface area contributed by atoms with Crippen LogP contribution in [0.3, 0.4) is 0 Å². The molecule has 0 radical (unpaired) electrons. The molecule has 0 spiro atoms. The maximum Gasteiger partial charge on any atom is 0.272 e. The molecule has 1 aliphatic carbocycles. The molecule has 148 valence electrons. The van der Waals surface area contributed by atoms with Crippen LogP contribution in [0.1, 0.15) is 23.3 Å². The summed E-state index contributed by atoms with van der Waals surface area (Å²) < 4.78 is 1.74. The summed E-state index contributed by atoms with van der Waals surface area (Å²) in [5.41, 5.74) is 2.22. The molecule has 1 aliphatic heterocycles. The van der Waals surface area contributed by atoms with Gasteiger partial charge in [0.15, 0.2) is 0 Å². The van der Waals surface area contributed by atoms with Gasteiger partial charge in [-0.05, 0) is 42.5 Å². The monoisotopic (exact) mass is 406 g/mol. The van der Waals surface area contributed by atoms with Crippen molar-refractivity contribution in [2.24, 2.45) is 5.92 Å². The topological polar surface area (TPSA) is 58.4 Å². The Balaban J connectivity index is 1.41. The number of carbonyl (C=O) groups is 2. The summed E-state index contributed by atoms with van der Waals surface area (Å²) in [5, 5.41) is 6.74. The highest BCUT2D eigenvalue weighted by molar-refractivity contribution is 7.13. The fourth-order valence-electron chi connectivity index (χ4n) is 3.72. The lowest BCUT2D eigenvalue weighted by atomic mass is 10.2. The van der Waals surface area contributed by atoms with Crippen LogP contribution >= 0.6 is 11.3 Å². The SMILES string of the molecule is O=C(c1cc(-c2cccs2)nn1-c1ccccc1)N1CCN(C(=O)C2CC2)CC1. The smallest absolute Gasteiger partial charge is 0.272 e. The van der Waals surface area contributed by atoms with Crippen LogP contribution in [0.2, 0.25) is 0 Å². The number of nitrogens with zero attached hydrogens (tertiary/aromatic N) is 4. The van der Waals surface area contributed by atoms with Crippen LogP contribution in [0.15, 0.2) is 53.9 Å². The molecule has 1 saturated heterocycles. The quantitative estimate of drug-likeness (QED) is 0.668. The molecule has 1 saturated carbocycles. The van der Waals surface area contributed by atoms with Crippen LogP contribution in [-0.2, 0) is 4.79 Å². The zero-order valence-electron chi connectivity index (χ0n) is 16.0. The molecule has 1 aromatic carbocycles. The molecule has 2 aliphatic rings. The highest BCUT2D eigenvalue weighted by atomic mass is 32.1. The minimum absolute atomic E-state index is 0.0392. The van der Waals surface area contributed by atoms with Gasteiger partial charge in [-0.15, -0.1) is 11.3 Å². The van der Waals surface area contributed by atoms with Crippen LogP contribution in [0.4, 0.5) is 0 Å². The fraction of sp³-hybridized carbons (Fsp3) is 0.318. The predicted octanol–water partition coefficient (Wildman–Crippen LogP) is 3.30. The molecule has 0 bridgehead atoms. The van der Waals surface area contributed by atoms with E-state index in [9.17, 15) is 9.59 Å². The average Bonchev–Trinajstić information content (AvgIpc) is 3.29. The van der Waals surface area contributed by atoms with Gasteiger partial charge in [0.25, 0.3) is 5.91 Å². The van der Waals surface area contributed by atoms with Crippen molar-refractivity contribution in [3.05, 3.63) is 59.6 Å². The third kappa shape index (κ3) is 3.58. The van der Waals surface area contributed by atoms with Gasteiger partial charge < -0.3 is 9.80 Å². The first-order valence-electron chi connectivity index (χ1n) is 9.98. The molecule has 6 nitrogen and oxygen atoms in total. The maximum absolute atomic E-state index is 13.4. The summed E-state index contributed by atoms with van der Waals surface area (Å²) in [5.74, 6) is 0.444. The van der Waals surface area contributed by atoms with Gasteiger partial charge in [0.2, 0.25) is 5.91 Å². The molecule has 2 aromatic heterocycles. The normalized spacial score (nSPS) is 16.8. The Morgan fingerprint density at radius 2 is 1.66 bits per heavy atom. The van der Waals surface area contributed by atoms with Crippen LogP contribution < -0.4 is 0 Å². The van der Waals surface area contributed by atoms with Crippen LogP contribution in [0.5, 0.6) is 0 Å². The molecule has 29 heavy (non-hydrogen) atoms. The van der Waals surface area contributed by atoms with E-state index in [4.69, 9.17) is 5.10 Å². The number of piperazine rings is 1. The second-order valence-electron chi connectivity index (χ2n) is 7.53. The van der Waals surface area contributed by atoms with Gasteiger partial charge in [-0.2, -0.15) is 5.10 Å². The number of para-hydroxylation sites is 1. The first kappa shape index (κ1) is 18.1. The molecular formula is C22H22N4O2S. The molecule has 0 N–H and O–H groups in total. The lowest BCUT2D eigenvalue weighted by molar-refractivity contribution is -0.134. The molecule has 5 rings (SSSR count). The highest BCUT2D eigenvalue weighted by Crippen LogP contribution is 2.31. The van der Waals surface area contributed by atoms with Crippen molar-refractivity contribution >= 4 is 23.2 Å². The summed E-state index contributed by atoms with van der Waals surface area (Å²) in [6.45, 7) is 2.34. The van der Waals surface area contributed by atoms with Gasteiger partial charge in [-0.1, -0.05) is 24.3 Å². The Kier molecular flexibility index (Phi) is 4.67. The Hall–Kier alpha value is -2.93. The van der Waals surface area contributed by atoms with E-state index in [1.165, 1.54) is 0 Å². The van der Waals surface area contributed by atoms with Gasteiger partial charge in [-0.25, -0.2) is 4.68 Å². The molecule has 2 fully saturated rings.